The summed E-state index contributed by atoms with van der Waals surface area (Å²) in [4.78, 5) is 44.9. The van der Waals surface area contributed by atoms with Crippen LogP contribution >= 0.6 is 11.6 Å². The minimum atomic E-state index is -3.94. The van der Waals surface area contributed by atoms with E-state index in [2.05, 4.69) is 25.6 Å². The first-order chi connectivity index (χ1) is 23.9. The molecule has 0 bridgehead atoms. The van der Waals surface area contributed by atoms with Crippen molar-refractivity contribution in [1.29, 1.82) is 0 Å². The van der Waals surface area contributed by atoms with Gasteiger partial charge in [0.2, 0.25) is 27.7 Å². The molecule has 5 rings (SSSR count). The fourth-order valence-electron chi connectivity index (χ4n) is 6.72. The minimum Gasteiger partial charge on any atom is -0.391 e. The molecule has 1 aromatic heterocycles. The van der Waals surface area contributed by atoms with E-state index in [9.17, 15) is 27.9 Å². The Hall–Kier alpha value is -3.96. The Morgan fingerprint density at radius 3 is 2.56 bits per heavy atom. The van der Waals surface area contributed by atoms with Crippen LogP contribution in [0, 0.1) is 5.41 Å². The number of hydrogen-bond acceptors (Lipinski definition) is 10. The van der Waals surface area contributed by atoms with Gasteiger partial charge in [-0.1, -0.05) is 48.9 Å². The summed E-state index contributed by atoms with van der Waals surface area (Å²) in [6.07, 6.45) is 0.556. The average Bonchev–Trinajstić information content (AvgIpc) is 3.78. The summed E-state index contributed by atoms with van der Waals surface area (Å²) < 4.78 is 36.4. The van der Waals surface area contributed by atoms with Crippen LogP contribution < -0.4 is 10.0 Å². The van der Waals surface area contributed by atoms with Crippen LogP contribution in [-0.4, -0.2) is 112 Å². The maximum Gasteiger partial charge on any atom is 0.243 e. The Morgan fingerprint density at radius 1 is 1.14 bits per heavy atom. The minimum absolute atomic E-state index is 0.0197. The van der Waals surface area contributed by atoms with Gasteiger partial charge in [-0.25, -0.2) is 17.8 Å². The van der Waals surface area contributed by atoms with E-state index >= 15 is 0 Å². The molecule has 3 amide bonds. The summed E-state index contributed by atoms with van der Waals surface area (Å²) in [7, 11) is -3.94. The van der Waals surface area contributed by atoms with Gasteiger partial charge in [-0.2, -0.15) is 0 Å². The van der Waals surface area contributed by atoms with Crippen LogP contribution in [0.5, 0.6) is 0 Å². The Kier molecular flexibility index (Phi) is 12.2. The first kappa shape index (κ1) is 37.3. The second kappa shape index (κ2) is 16.4. The molecule has 2 saturated heterocycles. The largest absolute Gasteiger partial charge is 0.391 e. The summed E-state index contributed by atoms with van der Waals surface area (Å²) >= 11 is 6.25. The molecule has 0 saturated carbocycles. The van der Waals surface area contributed by atoms with Crippen LogP contribution in [0.2, 0.25) is 5.02 Å². The van der Waals surface area contributed by atoms with E-state index < -0.39 is 45.4 Å². The van der Waals surface area contributed by atoms with Crippen molar-refractivity contribution < 1.29 is 32.6 Å². The van der Waals surface area contributed by atoms with Gasteiger partial charge in [-0.15, -0.1) is 5.10 Å². The summed E-state index contributed by atoms with van der Waals surface area (Å²) in [5.74, 6) is -1.50. The number of likely N-dealkylation sites (tertiary alicyclic amines) is 1. The standard InChI is InChI=1S/C33H43ClN8O7S/c1-3-33(12-11-30(44)40-13-15-49-16-14-40,23(2)37-50(47,48)21-24-7-5-4-6-8-24)32(46)41-20-27(43)18-29(41)31(45)35-19-25-17-26(34)9-10-28(25)42-22-36-38-39-42/h4-10,17,22-23,27,29,37,43H,3,11-16,18-21H2,1-2H3,(H,35,45). The molecule has 0 aliphatic carbocycles. The van der Waals surface area contributed by atoms with Crippen LogP contribution in [0.15, 0.2) is 54.9 Å². The number of morpholine rings is 1. The number of rotatable bonds is 14. The monoisotopic (exact) mass is 730 g/mol. The quantitative estimate of drug-likeness (QED) is 0.219. The molecular formula is C33H43ClN8O7S. The zero-order chi connectivity index (χ0) is 35.9. The lowest BCUT2D eigenvalue weighted by molar-refractivity contribution is -0.150. The Bertz CT molecular complexity index is 1740. The van der Waals surface area contributed by atoms with Crippen molar-refractivity contribution in [1.82, 2.24) is 40.0 Å². The summed E-state index contributed by atoms with van der Waals surface area (Å²) in [6, 6.07) is 11.7. The normalized spacial score (nSPS) is 19.9. The number of ether oxygens (including phenoxy) is 1. The first-order valence-corrected chi connectivity index (χ1v) is 18.6. The van der Waals surface area contributed by atoms with Gasteiger partial charge in [0.15, 0.2) is 0 Å². The highest BCUT2D eigenvalue weighted by Gasteiger charge is 2.50. The smallest absolute Gasteiger partial charge is 0.243 e. The number of halogens is 1. The summed E-state index contributed by atoms with van der Waals surface area (Å²) in [6.45, 7) is 4.94. The molecule has 50 heavy (non-hydrogen) atoms. The molecule has 15 nitrogen and oxygen atoms in total. The highest BCUT2D eigenvalue weighted by Crippen LogP contribution is 2.38. The molecule has 270 valence electrons. The molecule has 0 radical (unpaired) electrons. The van der Waals surface area contributed by atoms with Gasteiger partial charge >= 0.3 is 0 Å². The first-order valence-electron chi connectivity index (χ1n) is 16.6. The second-order valence-corrected chi connectivity index (χ2v) is 14.9. The Balaban J connectivity index is 1.39. The Morgan fingerprint density at radius 2 is 1.88 bits per heavy atom. The number of amides is 3. The van der Waals surface area contributed by atoms with E-state index in [1.54, 1.807) is 67.3 Å². The van der Waals surface area contributed by atoms with Crippen molar-refractivity contribution in [2.75, 3.05) is 32.8 Å². The molecule has 4 atom stereocenters. The predicted molar refractivity (Wildman–Crippen MR) is 183 cm³/mol. The third-order valence-electron chi connectivity index (χ3n) is 9.52. The van der Waals surface area contributed by atoms with Crippen molar-refractivity contribution >= 4 is 39.3 Å². The lowest BCUT2D eigenvalue weighted by Crippen LogP contribution is -2.58. The third kappa shape index (κ3) is 8.84. The number of β-amino-alcohol motifs (C(OH)–C–C–N with tert-alkyl or cyclic N) is 1. The van der Waals surface area contributed by atoms with E-state index in [1.807, 2.05) is 0 Å². The SMILES string of the molecule is CCC(CCC(=O)N1CCOCC1)(C(=O)N1CC(O)CC1C(=O)NCc1cc(Cl)ccc1-n1cnnn1)C(C)NS(=O)(=O)Cc1ccccc1. The van der Waals surface area contributed by atoms with Crippen LogP contribution in [0.4, 0.5) is 0 Å². The molecule has 17 heteroatoms. The van der Waals surface area contributed by atoms with E-state index in [4.69, 9.17) is 16.3 Å². The van der Waals surface area contributed by atoms with E-state index in [0.29, 0.717) is 48.1 Å². The number of benzene rings is 2. The van der Waals surface area contributed by atoms with Crippen molar-refractivity contribution in [3.63, 3.8) is 0 Å². The fourth-order valence-corrected chi connectivity index (χ4v) is 8.40. The zero-order valence-electron chi connectivity index (χ0n) is 28.1. The lowest BCUT2D eigenvalue weighted by Gasteiger charge is -2.41. The lowest BCUT2D eigenvalue weighted by atomic mass is 9.73. The molecule has 4 unspecified atom stereocenters. The molecule has 0 spiro atoms. The van der Waals surface area contributed by atoms with Gasteiger partial charge in [0, 0.05) is 50.1 Å². The number of nitrogens with one attached hydrogen (secondary N) is 2. The predicted octanol–water partition coefficient (Wildman–Crippen LogP) is 1.44. The summed E-state index contributed by atoms with van der Waals surface area (Å²) in [5.41, 5.74) is 0.353. The molecule has 3 N–H and O–H groups in total. The van der Waals surface area contributed by atoms with E-state index in [1.165, 1.54) is 15.9 Å². The molecule has 2 aromatic carbocycles. The number of nitrogens with zero attached hydrogens (tertiary/aromatic N) is 6. The number of sulfonamides is 1. The Labute approximate surface area is 296 Å². The van der Waals surface area contributed by atoms with Crippen molar-refractivity contribution in [3.05, 3.63) is 71.0 Å². The molecule has 2 aliphatic rings. The zero-order valence-corrected chi connectivity index (χ0v) is 29.6. The number of aliphatic hydroxyl groups is 1. The van der Waals surface area contributed by atoms with Crippen LogP contribution in [0.1, 0.15) is 50.7 Å². The van der Waals surface area contributed by atoms with Crippen molar-refractivity contribution in [2.24, 2.45) is 5.41 Å². The molecule has 3 heterocycles. The van der Waals surface area contributed by atoms with Crippen LogP contribution in [0.25, 0.3) is 5.69 Å². The van der Waals surface area contributed by atoms with Gasteiger partial charge in [0.25, 0.3) is 0 Å². The van der Waals surface area contributed by atoms with Crippen LogP contribution in [0.3, 0.4) is 0 Å². The number of carbonyl (C=O) groups excluding carboxylic acids is 3. The van der Waals surface area contributed by atoms with Gasteiger partial charge in [0.05, 0.1) is 36.2 Å². The topological polar surface area (TPSA) is 189 Å². The van der Waals surface area contributed by atoms with Crippen molar-refractivity contribution in [2.45, 2.75) is 70.0 Å². The van der Waals surface area contributed by atoms with Gasteiger partial charge in [-0.05, 0) is 59.5 Å². The molecular weight excluding hydrogens is 688 g/mol. The van der Waals surface area contributed by atoms with Crippen molar-refractivity contribution in [3.8, 4) is 5.69 Å². The highest BCUT2D eigenvalue weighted by molar-refractivity contribution is 7.88. The van der Waals surface area contributed by atoms with E-state index in [0.717, 1.165) is 0 Å². The maximum absolute atomic E-state index is 14.8. The molecule has 3 aromatic rings. The third-order valence-corrected chi connectivity index (χ3v) is 11.2. The highest BCUT2D eigenvalue weighted by atomic mass is 35.5. The average molecular weight is 731 g/mol. The second-order valence-electron chi connectivity index (χ2n) is 12.7. The van der Waals surface area contributed by atoms with Crippen LogP contribution in [-0.2, 0) is 41.4 Å². The van der Waals surface area contributed by atoms with Gasteiger partial charge in [-0.3, -0.25) is 14.4 Å². The van der Waals surface area contributed by atoms with Gasteiger partial charge in [0.1, 0.15) is 12.4 Å². The number of tetrazole rings is 1. The maximum atomic E-state index is 14.8. The fraction of sp³-hybridized carbons (Fsp3) is 0.515. The van der Waals surface area contributed by atoms with E-state index in [-0.39, 0.29) is 50.4 Å². The number of hydrogen-bond donors (Lipinski definition) is 3. The van der Waals surface area contributed by atoms with Gasteiger partial charge < -0.3 is 25.0 Å². The number of aromatic nitrogens is 4. The summed E-state index contributed by atoms with van der Waals surface area (Å²) in [5, 5.41) is 25.3. The number of aliphatic hydroxyl groups excluding tert-OH is 1. The molecule has 2 fully saturated rings. The number of carbonyl (C=O) groups is 3. The molecule has 2 aliphatic heterocycles.